The molecule has 1 saturated heterocycles. The SMILES string of the molecule is CCOc1ccc(S(=O)(=O)Nc2ccc(OC)c(N3CCCCC3=O)c2)cc1. The van der Waals surface area contributed by atoms with Gasteiger partial charge in [0.15, 0.2) is 0 Å². The van der Waals surface area contributed by atoms with E-state index in [4.69, 9.17) is 9.47 Å². The summed E-state index contributed by atoms with van der Waals surface area (Å²) < 4.78 is 38.7. The second-order valence-electron chi connectivity index (χ2n) is 6.40. The number of sulfonamides is 1. The van der Waals surface area contributed by atoms with Gasteiger partial charge in [-0.25, -0.2) is 8.42 Å². The van der Waals surface area contributed by atoms with Gasteiger partial charge in [-0.3, -0.25) is 9.52 Å². The van der Waals surface area contributed by atoms with Crippen LogP contribution in [0.25, 0.3) is 0 Å². The predicted molar refractivity (Wildman–Crippen MR) is 108 cm³/mol. The summed E-state index contributed by atoms with van der Waals surface area (Å²) in [5.74, 6) is 1.15. The molecule has 1 heterocycles. The summed E-state index contributed by atoms with van der Waals surface area (Å²) >= 11 is 0. The molecule has 1 fully saturated rings. The number of nitrogens with zero attached hydrogens (tertiary/aromatic N) is 1. The van der Waals surface area contributed by atoms with E-state index in [2.05, 4.69) is 4.72 Å². The average Bonchev–Trinajstić information content (AvgIpc) is 2.69. The third-order valence-corrected chi connectivity index (χ3v) is 5.89. The molecule has 1 aliphatic heterocycles. The molecule has 28 heavy (non-hydrogen) atoms. The number of hydrogen-bond acceptors (Lipinski definition) is 5. The molecule has 0 saturated carbocycles. The third-order valence-electron chi connectivity index (χ3n) is 4.49. The van der Waals surface area contributed by atoms with E-state index in [0.717, 1.165) is 12.8 Å². The number of carbonyl (C=O) groups is 1. The highest BCUT2D eigenvalue weighted by Gasteiger charge is 2.24. The Bertz CT molecular complexity index is 942. The summed E-state index contributed by atoms with van der Waals surface area (Å²) in [4.78, 5) is 14.1. The van der Waals surface area contributed by atoms with Gasteiger partial charge in [-0.2, -0.15) is 0 Å². The summed E-state index contributed by atoms with van der Waals surface area (Å²) in [6, 6.07) is 11.1. The summed E-state index contributed by atoms with van der Waals surface area (Å²) in [7, 11) is -2.25. The Morgan fingerprint density at radius 3 is 2.50 bits per heavy atom. The Morgan fingerprint density at radius 2 is 1.86 bits per heavy atom. The highest BCUT2D eigenvalue weighted by atomic mass is 32.2. The van der Waals surface area contributed by atoms with Crippen molar-refractivity contribution in [2.24, 2.45) is 0 Å². The van der Waals surface area contributed by atoms with Crippen LogP contribution in [0.4, 0.5) is 11.4 Å². The van der Waals surface area contributed by atoms with Crippen LogP contribution >= 0.6 is 0 Å². The van der Waals surface area contributed by atoms with E-state index < -0.39 is 10.0 Å². The van der Waals surface area contributed by atoms with Gasteiger partial charge in [0, 0.05) is 13.0 Å². The lowest BCUT2D eigenvalue weighted by atomic mass is 10.1. The maximum Gasteiger partial charge on any atom is 0.261 e. The van der Waals surface area contributed by atoms with Crippen molar-refractivity contribution in [3.63, 3.8) is 0 Å². The molecule has 1 N–H and O–H groups in total. The molecule has 0 atom stereocenters. The van der Waals surface area contributed by atoms with Crippen LogP contribution < -0.4 is 19.1 Å². The highest BCUT2D eigenvalue weighted by molar-refractivity contribution is 7.92. The monoisotopic (exact) mass is 404 g/mol. The van der Waals surface area contributed by atoms with Crippen molar-refractivity contribution in [3.8, 4) is 11.5 Å². The maximum atomic E-state index is 12.7. The van der Waals surface area contributed by atoms with Crippen molar-refractivity contribution in [3.05, 3.63) is 42.5 Å². The van der Waals surface area contributed by atoms with Gasteiger partial charge in [0.25, 0.3) is 10.0 Å². The van der Waals surface area contributed by atoms with Crippen molar-refractivity contribution in [2.75, 3.05) is 29.9 Å². The molecule has 1 aliphatic rings. The number of amides is 1. The second-order valence-corrected chi connectivity index (χ2v) is 8.08. The Morgan fingerprint density at radius 1 is 1.11 bits per heavy atom. The Hall–Kier alpha value is -2.74. The Labute approximate surface area is 165 Å². The van der Waals surface area contributed by atoms with Crippen molar-refractivity contribution in [2.45, 2.75) is 31.1 Å². The van der Waals surface area contributed by atoms with E-state index >= 15 is 0 Å². The van der Waals surface area contributed by atoms with Gasteiger partial charge in [0.05, 0.1) is 30.0 Å². The van der Waals surface area contributed by atoms with E-state index in [-0.39, 0.29) is 10.8 Å². The van der Waals surface area contributed by atoms with E-state index in [1.165, 1.54) is 19.2 Å². The van der Waals surface area contributed by atoms with Crippen molar-refractivity contribution >= 4 is 27.3 Å². The van der Waals surface area contributed by atoms with Crippen LogP contribution in [0.2, 0.25) is 0 Å². The van der Waals surface area contributed by atoms with Gasteiger partial charge in [-0.05, 0) is 62.2 Å². The van der Waals surface area contributed by atoms with E-state index in [0.29, 0.717) is 42.4 Å². The zero-order valence-corrected chi connectivity index (χ0v) is 16.8. The Kier molecular flexibility index (Phi) is 6.08. The van der Waals surface area contributed by atoms with E-state index in [1.54, 1.807) is 35.2 Å². The summed E-state index contributed by atoms with van der Waals surface area (Å²) in [5, 5.41) is 0. The minimum atomic E-state index is -3.78. The normalized spacial score (nSPS) is 14.6. The zero-order valence-electron chi connectivity index (χ0n) is 16.0. The smallest absolute Gasteiger partial charge is 0.261 e. The fraction of sp³-hybridized carbons (Fsp3) is 0.350. The van der Waals surface area contributed by atoms with Crippen LogP contribution in [0.1, 0.15) is 26.2 Å². The van der Waals surface area contributed by atoms with Crippen LogP contribution in [-0.2, 0) is 14.8 Å². The number of carbonyl (C=O) groups excluding carboxylic acids is 1. The number of methoxy groups -OCH3 is 1. The number of rotatable bonds is 7. The Balaban J connectivity index is 1.87. The fourth-order valence-electron chi connectivity index (χ4n) is 3.12. The number of benzene rings is 2. The standard InChI is InChI=1S/C20H24N2O5S/c1-3-27-16-8-10-17(11-9-16)28(24,25)21-15-7-12-19(26-2)18(14-15)22-13-5-4-6-20(22)23/h7-12,14,21H,3-6,13H2,1-2H3. The molecule has 2 aromatic carbocycles. The van der Waals surface area contributed by atoms with Gasteiger partial charge < -0.3 is 14.4 Å². The topological polar surface area (TPSA) is 84.9 Å². The third kappa shape index (κ3) is 4.39. The van der Waals surface area contributed by atoms with Crippen molar-refractivity contribution in [1.82, 2.24) is 0 Å². The van der Waals surface area contributed by atoms with Gasteiger partial charge in [-0.15, -0.1) is 0 Å². The lowest BCUT2D eigenvalue weighted by Crippen LogP contribution is -2.35. The molecular weight excluding hydrogens is 380 g/mol. The molecule has 0 unspecified atom stereocenters. The lowest BCUT2D eigenvalue weighted by Gasteiger charge is -2.28. The highest BCUT2D eigenvalue weighted by Crippen LogP contribution is 2.34. The minimum Gasteiger partial charge on any atom is -0.495 e. The second kappa shape index (κ2) is 8.52. The number of anilines is 2. The first-order valence-corrected chi connectivity index (χ1v) is 10.7. The van der Waals surface area contributed by atoms with Gasteiger partial charge in [0.1, 0.15) is 11.5 Å². The number of piperidine rings is 1. The average molecular weight is 404 g/mol. The van der Waals surface area contributed by atoms with Crippen molar-refractivity contribution in [1.29, 1.82) is 0 Å². The molecular formula is C20H24N2O5S. The molecule has 1 amide bonds. The van der Waals surface area contributed by atoms with E-state index in [1.807, 2.05) is 6.92 Å². The first kappa shape index (κ1) is 20.0. The summed E-state index contributed by atoms with van der Waals surface area (Å²) in [5.41, 5.74) is 0.933. The largest absolute Gasteiger partial charge is 0.495 e. The molecule has 0 spiro atoms. The molecule has 150 valence electrons. The van der Waals surface area contributed by atoms with Crippen LogP contribution in [0.5, 0.6) is 11.5 Å². The molecule has 0 aliphatic carbocycles. The fourth-order valence-corrected chi connectivity index (χ4v) is 4.17. The van der Waals surface area contributed by atoms with Crippen LogP contribution in [-0.4, -0.2) is 34.6 Å². The molecule has 0 radical (unpaired) electrons. The molecule has 8 heteroatoms. The molecule has 0 bridgehead atoms. The first-order valence-electron chi connectivity index (χ1n) is 9.18. The van der Waals surface area contributed by atoms with Gasteiger partial charge in [0.2, 0.25) is 5.91 Å². The number of hydrogen-bond donors (Lipinski definition) is 1. The molecule has 3 rings (SSSR count). The molecule has 7 nitrogen and oxygen atoms in total. The maximum absolute atomic E-state index is 12.7. The number of nitrogens with one attached hydrogen (secondary N) is 1. The predicted octanol–water partition coefficient (Wildman–Crippen LogP) is 3.41. The van der Waals surface area contributed by atoms with Crippen LogP contribution in [0.3, 0.4) is 0 Å². The summed E-state index contributed by atoms with van der Waals surface area (Å²) in [6.07, 6.45) is 2.24. The minimum absolute atomic E-state index is 0.0103. The first-order chi connectivity index (χ1) is 13.4. The number of ether oxygens (including phenoxy) is 2. The molecule has 0 aromatic heterocycles. The lowest BCUT2D eigenvalue weighted by molar-refractivity contribution is -0.119. The summed E-state index contributed by atoms with van der Waals surface area (Å²) in [6.45, 7) is 2.96. The zero-order chi connectivity index (χ0) is 20.1. The van der Waals surface area contributed by atoms with Gasteiger partial charge >= 0.3 is 0 Å². The molecule has 2 aromatic rings. The van der Waals surface area contributed by atoms with E-state index in [9.17, 15) is 13.2 Å². The van der Waals surface area contributed by atoms with Gasteiger partial charge in [-0.1, -0.05) is 0 Å². The quantitative estimate of drug-likeness (QED) is 0.764. The van der Waals surface area contributed by atoms with Crippen LogP contribution in [0, 0.1) is 0 Å². The van der Waals surface area contributed by atoms with Crippen LogP contribution in [0.15, 0.2) is 47.4 Å². The van der Waals surface area contributed by atoms with Crippen molar-refractivity contribution < 1.29 is 22.7 Å².